The summed E-state index contributed by atoms with van der Waals surface area (Å²) in [6.07, 6.45) is 0. The van der Waals surface area contributed by atoms with E-state index in [2.05, 4.69) is 34.0 Å². The lowest BCUT2D eigenvalue weighted by Gasteiger charge is -2.39. The maximum Gasteiger partial charge on any atom is 0.243 e. The number of halogens is 1. The van der Waals surface area contributed by atoms with E-state index in [9.17, 15) is 8.42 Å². The van der Waals surface area contributed by atoms with Gasteiger partial charge in [-0.2, -0.15) is 16.1 Å². The first-order chi connectivity index (χ1) is 13.7. The van der Waals surface area contributed by atoms with Crippen LogP contribution >= 0.6 is 35.7 Å². The lowest BCUT2D eigenvalue weighted by atomic mass is 10.2. The zero-order chi connectivity index (χ0) is 21.1. The van der Waals surface area contributed by atoms with Crippen molar-refractivity contribution in [3.63, 3.8) is 0 Å². The SMILES string of the molecule is CN=C(NCc1ccccc1S(=O)(=O)N1CCN(C)CC1)N1CCSC(C)(C)C1.I. The standard InChI is InChI=1S/C20H33N5O2S2.HI/c1-20(2)16-24(13-14-28-20)19(21-3)22-15-17-7-5-6-8-18(17)29(26,27)25-11-9-23(4)10-12-25;/h5-8H,9-16H2,1-4H3,(H,21,22);1H. The zero-order valence-electron chi connectivity index (χ0n) is 18.3. The van der Waals surface area contributed by atoms with Crippen molar-refractivity contribution >= 4 is 51.7 Å². The number of piperazine rings is 1. The van der Waals surface area contributed by atoms with Crippen LogP contribution in [0.2, 0.25) is 0 Å². The lowest BCUT2D eigenvalue weighted by Crippen LogP contribution is -2.50. The van der Waals surface area contributed by atoms with Crippen molar-refractivity contribution < 1.29 is 8.42 Å². The highest BCUT2D eigenvalue weighted by Crippen LogP contribution is 2.29. The van der Waals surface area contributed by atoms with Gasteiger partial charge in [-0.15, -0.1) is 24.0 Å². The van der Waals surface area contributed by atoms with Crippen molar-refractivity contribution in [3.05, 3.63) is 29.8 Å². The van der Waals surface area contributed by atoms with E-state index in [-0.39, 0.29) is 28.7 Å². The van der Waals surface area contributed by atoms with Gasteiger partial charge >= 0.3 is 0 Å². The van der Waals surface area contributed by atoms with Crippen LogP contribution < -0.4 is 5.32 Å². The summed E-state index contributed by atoms with van der Waals surface area (Å²) in [5, 5.41) is 3.39. The third kappa shape index (κ3) is 6.24. The molecule has 170 valence electrons. The van der Waals surface area contributed by atoms with Crippen LogP contribution in [0.3, 0.4) is 0 Å². The smallest absolute Gasteiger partial charge is 0.243 e. The Balaban J connectivity index is 0.00000320. The molecule has 2 saturated heterocycles. The minimum Gasteiger partial charge on any atom is -0.352 e. The number of aliphatic imine (C=N–C) groups is 1. The van der Waals surface area contributed by atoms with Gasteiger partial charge in [0, 0.05) is 63.4 Å². The van der Waals surface area contributed by atoms with Crippen LogP contribution in [0.4, 0.5) is 0 Å². The molecule has 0 spiro atoms. The average molecular weight is 568 g/mol. The van der Waals surface area contributed by atoms with Crippen molar-refractivity contribution in [2.75, 3.05) is 59.1 Å². The van der Waals surface area contributed by atoms with Gasteiger partial charge in [-0.1, -0.05) is 18.2 Å². The predicted octanol–water partition coefficient (Wildman–Crippen LogP) is 2.14. The van der Waals surface area contributed by atoms with Gasteiger partial charge in [0.25, 0.3) is 0 Å². The highest BCUT2D eigenvalue weighted by molar-refractivity contribution is 14.0. The molecule has 2 heterocycles. The number of thioether (sulfide) groups is 1. The third-order valence-corrected chi connectivity index (χ3v) is 8.72. The molecule has 1 aromatic rings. The Hall–Kier alpha value is -0.560. The molecule has 0 radical (unpaired) electrons. The van der Waals surface area contributed by atoms with Gasteiger partial charge in [0.2, 0.25) is 10.0 Å². The summed E-state index contributed by atoms with van der Waals surface area (Å²) in [5.41, 5.74) is 0.776. The molecular weight excluding hydrogens is 533 g/mol. The second-order valence-electron chi connectivity index (χ2n) is 8.25. The molecule has 0 saturated carbocycles. The van der Waals surface area contributed by atoms with Crippen molar-refractivity contribution in [3.8, 4) is 0 Å². The number of sulfonamides is 1. The molecule has 0 bridgehead atoms. The van der Waals surface area contributed by atoms with E-state index in [0.717, 1.165) is 43.5 Å². The number of likely N-dealkylation sites (N-methyl/N-ethyl adjacent to an activating group) is 1. The molecule has 0 aliphatic carbocycles. The van der Waals surface area contributed by atoms with Gasteiger partial charge in [0.15, 0.2) is 5.96 Å². The average Bonchev–Trinajstić information content (AvgIpc) is 2.68. The molecule has 30 heavy (non-hydrogen) atoms. The monoisotopic (exact) mass is 567 g/mol. The number of nitrogens with zero attached hydrogens (tertiary/aromatic N) is 4. The molecule has 2 aliphatic rings. The molecule has 2 fully saturated rings. The molecule has 2 aliphatic heterocycles. The molecule has 1 N–H and O–H groups in total. The lowest BCUT2D eigenvalue weighted by molar-refractivity contribution is 0.222. The van der Waals surface area contributed by atoms with Crippen LogP contribution in [0.1, 0.15) is 19.4 Å². The molecule has 0 atom stereocenters. The first-order valence-electron chi connectivity index (χ1n) is 10.1. The summed E-state index contributed by atoms with van der Waals surface area (Å²) in [5.74, 6) is 1.88. The van der Waals surface area contributed by atoms with Crippen LogP contribution in [-0.2, 0) is 16.6 Å². The van der Waals surface area contributed by atoms with Crippen molar-refractivity contribution in [1.82, 2.24) is 19.4 Å². The predicted molar refractivity (Wildman–Crippen MR) is 136 cm³/mol. The molecule has 7 nitrogen and oxygen atoms in total. The Morgan fingerprint density at radius 3 is 2.47 bits per heavy atom. The van der Waals surface area contributed by atoms with E-state index in [4.69, 9.17) is 0 Å². The molecule has 0 amide bonds. The topological polar surface area (TPSA) is 68.2 Å². The fourth-order valence-corrected chi connectivity index (χ4v) is 6.53. The Morgan fingerprint density at radius 2 is 1.83 bits per heavy atom. The molecule has 0 unspecified atom stereocenters. The number of benzene rings is 1. The van der Waals surface area contributed by atoms with Crippen molar-refractivity contribution in [1.29, 1.82) is 0 Å². The normalized spacial score (nSPS) is 21.2. The maximum absolute atomic E-state index is 13.3. The first kappa shape index (κ1) is 25.7. The van der Waals surface area contributed by atoms with Crippen LogP contribution in [0.5, 0.6) is 0 Å². The van der Waals surface area contributed by atoms with Gasteiger partial charge in [-0.25, -0.2) is 8.42 Å². The number of nitrogens with one attached hydrogen (secondary N) is 1. The fraction of sp³-hybridized carbons (Fsp3) is 0.650. The van der Waals surface area contributed by atoms with E-state index in [1.807, 2.05) is 30.9 Å². The summed E-state index contributed by atoms with van der Waals surface area (Å²) >= 11 is 1.98. The maximum atomic E-state index is 13.3. The van der Waals surface area contributed by atoms with E-state index in [1.165, 1.54) is 0 Å². The van der Waals surface area contributed by atoms with Gasteiger partial charge in [-0.3, -0.25) is 4.99 Å². The molecule has 1 aromatic carbocycles. The van der Waals surface area contributed by atoms with E-state index in [0.29, 0.717) is 24.5 Å². The zero-order valence-corrected chi connectivity index (χ0v) is 22.3. The molecule has 10 heteroatoms. The molecule has 3 rings (SSSR count). The van der Waals surface area contributed by atoms with Crippen LogP contribution in [-0.4, -0.2) is 92.3 Å². The molecule has 0 aromatic heterocycles. The summed E-state index contributed by atoms with van der Waals surface area (Å²) < 4.78 is 28.3. The van der Waals surface area contributed by atoms with E-state index < -0.39 is 10.0 Å². The van der Waals surface area contributed by atoms with Crippen molar-refractivity contribution in [2.24, 2.45) is 4.99 Å². The second kappa shape index (κ2) is 10.8. The summed E-state index contributed by atoms with van der Waals surface area (Å²) in [6, 6.07) is 7.29. The van der Waals surface area contributed by atoms with Crippen LogP contribution in [0.25, 0.3) is 0 Å². The number of hydrogen-bond acceptors (Lipinski definition) is 5. The largest absolute Gasteiger partial charge is 0.352 e. The van der Waals surface area contributed by atoms with E-state index >= 15 is 0 Å². The quantitative estimate of drug-likeness (QED) is 0.342. The first-order valence-corrected chi connectivity index (χ1v) is 12.5. The summed E-state index contributed by atoms with van der Waals surface area (Å²) in [4.78, 5) is 9.24. The van der Waals surface area contributed by atoms with Gasteiger partial charge in [0.05, 0.1) is 4.90 Å². The van der Waals surface area contributed by atoms with Crippen LogP contribution in [0, 0.1) is 0 Å². The third-order valence-electron chi connectivity index (χ3n) is 5.43. The van der Waals surface area contributed by atoms with Crippen molar-refractivity contribution in [2.45, 2.75) is 30.0 Å². The van der Waals surface area contributed by atoms with E-state index in [1.54, 1.807) is 23.5 Å². The Labute approximate surface area is 202 Å². The second-order valence-corrected chi connectivity index (χ2v) is 12.0. The Bertz CT molecular complexity index is 839. The highest BCUT2D eigenvalue weighted by Gasteiger charge is 2.30. The summed E-state index contributed by atoms with van der Waals surface area (Å²) in [6.45, 7) is 9.35. The molecular formula is C20H34IN5O2S2. The summed E-state index contributed by atoms with van der Waals surface area (Å²) in [7, 11) is 0.299. The number of rotatable bonds is 4. The Kier molecular flexibility index (Phi) is 9.29. The number of hydrogen-bond donors (Lipinski definition) is 1. The van der Waals surface area contributed by atoms with Gasteiger partial charge < -0.3 is 15.1 Å². The fourth-order valence-electron chi connectivity index (χ4n) is 3.77. The van der Waals surface area contributed by atoms with Gasteiger partial charge in [-0.05, 0) is 32.5 Å². The van der Waals surface area contributed by atoms with Crippen LogP contribution in [0.15, 0.2) is 34.2 Å². The number of guanidine groups is 1. The minimum absolute atomic E-state index is 0. The minimum atomic E-state index is -3.50. The highest BCUT2D eigenvalue weighted by atomic mass is 127. The Morgan fingerprint density at radius 1 is 1.17 bits per heavy atom. The van der Waals surface area contributed by atoms with Gasteiger partial charge in [0.1, 0.15) is 0 Å².